The molecule has 0 aliphatic heterocycles. The minimum absolute atomic E-state index is 0.200. The van der Waals surface area contributed by atoms with Gasteiger partial charge in [-0.15, -0.1) is 11.6 Å². The van der Waals surface area contributed by atoms with E-state index >= 15 is 0 Å². The van der Waals surface area contributed by atoms with Gasteiger partial charge in [0.15, 0.2) is 11.9 Å². The molecule has 158 valence electrons. The first-order valence-corrected chi connectivity index (χ1v) is 10.3. The summed E-state index contributed by atoms with van der Waals surface area (Å²) >= 11 is 18.5. The van der Waals surface area contributed by atoms with Crippen molar-refractivity contribution in [2.45, 2.75) is 31.8 Å². The molecule has 0 heterocycles. The zero-order valence-corrected chi connectivity index (χ0v) is 18.5. The molecule has 2 aromatic carbocycles. The van der Waals surface area contributed by atoms with Gasteiger partial charge in [-0.1, -0.05) is 49.2 Å². The molecule has 0 saturated carbocycles. The summed E-state index contributed by atoms with van der Waals surface area (Å²) in [5.41, 5.74) is 6.54. The number of primary amides is 1. The van der Waals surface area contributed by atoms with Crippen molar-refractivity contribution in [3.8, 4) is 11.5 Å². The summed E-state index contributed by atoms with van der Waals surface area (Å²) in [5, 5.41) is 10.3. The highest BCUT2D eigenvalue weighted by atomic mass is 35.5. The Morgan fingerprint density at radius 3 is 2.21 bits per heavy atom. The number of carbonyl (C=O) groups is 1. The molecule has 1 amide bonds. The lowest BCUT2D eigenvalue weighted by molar-refractivity contribution is -0.127. The van der Waals surface area contributed by atoms with Crippen LogP contribution in [0.2, 0.25) is 10.0 Å². The number of halogens is 3. The molecule has 0 aliphatic rings. The predicted molar refractivity (Wildman–Crippen MR) is 117 cm³/mol. The summed E-state index contributed by atoms with van der Waals surface area (Å²) in [5.74, 6) is 0.645. The summed E-state index contributed by atoms with van der Waals surface area (Å²) in [6.07, 6.45) is -0.646. The number of alkyl halides is 1. The third kappa shape index (κ3) is 6.16. The van der Waals surface area contributed by atoms with E-state index < -0.39 is 17.4 Å². The fourth-order valence-electron chi connectivity index (χ4n) is 2.68. The Labute approximate surface area is 185 Å². The average Bonchev–Trinajstić information content (AvgIpc) is 2.68. The van der Waals surface area contributed by atoms with Crippen molar-refractivity contribution < 1.29 is 19.4 Å². The fraction of sp³-hybridized carbons (Fsp3) is 0.381. The summed E-state index contributed by atoms with van der Waals surface area (Å²) in [6.45, 7) is 4.34. The molecule has 0 aromatic heterocycles. The molecule has 2 aromatic rings. The number of benzene rings is 2. The van der Waals surface area contributed by atoms with Crippen LogP contribution >= 0.6 is 34.8 Å². The number of hydrogen-bond donors (Lipinski definition) is 2. The van der Waals surface area contributed by atoms with E-state index in [1.807, 2.05) is 24.3 Å². The van der Waals surface area contributed by atoms with Gasteiger partial charge in [-0.05, 0) is 41.8 Å². The van der Waals surface area contributed by atoms with Gasteiger partial charge in [-0.2, -0.15) is 0 Å². The van der Waals surface area contributed by atoms with Crippen LogP contribution in [-0.4, -0.2) is 36.2 Å². The maximum absolute atomic E-state index is 10.9. The van der Waals surface area contributed by atoms with Crippen LogP contribution in [0.1, 0.15) is 31.4 Å². The van der Waals surface area contributed by atoms with Crippen molar-refractivity contribution in [3.63, 3.8) is 0 Å². The van der Waals surface area contributed by atoms with Crippen molar-refractivity contribution in [3.05, 3.63) is 57.6 Å². The second-order valence-corrected chi connectivity index (χ2v) is 8.23. The molecular formula is C21H24Cl3NO4. The lowest BCUT2D eigenvalue weighted by atomic mass is 9.78. The van der Waals surface area contributed by atoms with Crippen LogP contribution in [0.3, 0.4) is 0 Å². The van der Waals surface area contributed by atoms with Crippen LogP contribution in [-0.2, 0) is 10.2 Å². The largest absolute Gasteiger partial charge is 0.490 e. The van der Waals surface area contributed by atoms with Gasteiger partial charge in [0.2, 0.25) is 5.91 Å². The Bertz CT molecular complexity index is 817. The molecule has 1 atom stereocenters. The summed E-state index contributed by atoms with van der Waals surface area (Å²) in [7, 11) is 0. The molecule has 0 bridgehead atoms. The second-order valence-electron chi connectivity index (χ2n) is 7.04. The van der Waals surface area contributed by atoms with E-state index in [2.05, 4.69) is 13.8 Å². The maximum atomic E-state index is 10.9. The second kappa shape index (κ2) is 10.4. The molecule has 0 fully saturated rings. The molecule has 0 radical (unpaired) electrons. The minimum atomic E-state index is -1.35. The minimum Gasteiger partial charge on any atom is -0.490 e. The van der Waals surface area contributed by atoms with E-state index in [1.165, 1.54) is 0 Å². The smallest absolute Gasteiger partial charge is 0.249 e. The van der Waals surface area contributed by atoms with Gasteiger partial charge in [-0.25, -0.2) is 0 Å². The van der Waals surface area contributed by atoms with E-state index in [-0.39, 0.29) is 6.61 Å². The normalized spacial score (nSPS) is 12.5. The number of hydrogen-bond acceptors (Lipinski definition) is 4. The Kier molecular flexibility index (Phi) is 8.46. The Balaban J connectivity index is 2.18. The van der Waals surface area contributed by atoms with E-state index in [0.717, 1.165) is 11.1 Å². The standard InChI is InChI=1S/C21H24Cl3NO4/c1-21(2,13-4-6-15(7-5-13)29-12-18(26)20(25)27)14-10-16(23)19(17(24)11-14)28-9-3-8-22/h4-7,10-11,18,26H,3,8-9,12H2,1-2H3,(H2,25,27). The monoisotopic (exact) mass is 459 g/mol. The first kappa shape index (κ1) is 23.6. The first-order chi connectivity index (χ1) is 13.7. The van der Waals surface area contributed by atoms with Crippen molar-refractivity contribution in [1.82, 2.24) is 0 Å². The molecule has 8 heteroatoms. The predicted octanol–water partition coefficient (Wildman–Crippen LogP) is 4.55. The fourth-order valence-corrected chi connectivity index (χ4v) is 3.38. The molecule has 1 unspecified atom stereocenters. The van der Waals surface area contributed by atoms with Crippen molar-refractivity contribution in [2.24, 2.45) is 5.73 Å². The Hall–Kier alpha value is -1.66. The van der Waals surface area contributed by atoms with Crippen molar-refractivity contribution >= 4 is 40.7 Å². The number of carbonyl (C=O) groups excluding carboxylic acids is 1. The lowest BCUT2D eigenvalue weighted by Crippen LogP contribution is -2.33. The number of aliphatic hydroxyl groups is 1. The van der Waals surface area contributed by atoms with Crippen LogP contribution in [0, 0.1) is 0 Å². The third-order valence-corrected chi connectivity index (χ3v) is 5.39. The quantitative estimate of drug-likeness (QED) is 0.402. The van der Waals surface area contributed by atoms with E-state index in [0.29, 0.717) is 40.5 Å². The molecule has 2 rings (SSSR count). The molecule has 0 saturated heterocycles. The van der Waals surface area contributed by atoms with E-state index in [9.17, 15) is 9.90 Å². The Morgan fingerprint density at radius 2 is 1.69 bits per heavy atom. The number of aliphatic hydroxyl groups excluding tert-OH is 1. The van der Waals surface area contributed by atoms with Crippen LogP contribution in [0.5, 0.6) is 11.5 Å². The highest BCUT2D eigenvalue weighted by Gasteiger charge is 2.25. The third-order valence-electron chi connectivity index (χ3n) is 4.56. The molecule has 0 spiro atoms. The van der Waals surface area contributed by atoms with Crippen LogP contribution in [0.4, 0.5) is 0 Å². The van der Waals surface area contributed by atoms with Gasteiger partial charge in [0.1, 0.15) is 12.4 Å². The molecule has 5 nitrogen and oxygen atoms in total. The zero-order chi connectivity index (χ0) is 21.6. The number of ether oxygens (including phenoxy) is 2. The van der Waals surface area contributed by atoms with Crippen LogP contribution < -0.4 is 15.2 Å². The van der Waals surface area contributed by atoms with Gasteiger partial charge in [0.25, 0.3) is 0 Å². The topological polar surface area (TPSA) is 81.8 Å². The molecule has 29 heavy (non-hydrogen) atoms. The molecule has 3 N–H and O–H groups in total. The SMILES string of the molecule is CC(C)(c1ccc(OCC(O)C(N)=O)cc1)c1cc(Cl)c(OCCCCl)c(Cl)c1. The van der Waals surface area contributed by atoms with Crippen LogP contribution in [0.15, 0.2) is 36.4 Å². The van der Waals surface area contributed by atoms with Crippen molar-refractivity contribution in [1.29, 1.82) is 0 Å². The summed E-state index contributed by atoms with van der Waals surface area (Å²) in [6, 6.07) is 11.0. The van der Waals surface area contributed by atoms with Gasteiger partial charge in [0.05, 0.1) is 16.7 Å². The number of nitrogens with two attached hydrogens (primary N) is 1. The van der Waals surface area contributed by atoms with E-state index in [4.69, 9.17) is 50.0 Å². The zero-order valence-electron chi connectivity index (χ0n) is 16.3. The Morgan fingerprint density at radius 1 is 1.10 bits per heavy atom. The highest BCUT2D eigenvalue weighted by molar-refractivity contribution is 6.37. The van der Waals surface area contributed by atoms with Gasteiger partial charge in [-0.3, -0.25) is 4.79 Å². The maximum Gasteiger partial charge on any atom is 0.249 e. The van der Waals surface area contributed by atoms with Crippen molar-refractivity contribution in [2.75, 3.05) is 19.1 Å². The first-order valence-electron chi connectivity index (χ1n) is 9.05. The van der Waals surface area contributed by atoms with Gasteiger partial charge in [0, 0.05) is 11.3 Å². The van der Waals surface area contributed by atoms with Gasteiger partial charge < -0.3 is 20.3 Å². The summed E-state index contributed by atoms with van der Waals surface area (Å²) < 4.78 is 11.0. The summed E-state index contributed by atoms with van der Waals surface area (Å²) in [4.78, 5) is 10.9. The molecule has 0 aliphatic carbocycles. The van der Waals surface area contributed by atoms with E-state index in [1.54, 1.807) is 12.1 Å². The number of rotatable bonds is 10. The molecular weight excluding hydrogens is 437 g/mol. The van der Waals surface area contributed by atoms with Crippen LogP contribution in [0.25, 0.3) is 0 Å². The number of amides is 1. The highest BCUT2D eigenvalue weighted by Crippen LogP contribution is 2.40. The lowest BCUT2D eigenvalue weighted by Gasteiger charge is -2.27. The van der Waals surface area contributed by atoms with Gasteiger partial charge >= 0.3 is 0 Å². The average molecular weight is 461 g/mol.